The van der Waals surface area contributed by atoms with Gasteiger partial charge in [-0.1, -0.05) is 12.1 Å². The van der Waals surface area contributed by atoms with Crippen LogP contribution in [0.25, 0.3) is 21.9 Å². The number of nitrogen functional groups attached to an aromatic ring is 1. The number of thiophene rings is 1. The molecule has 17 heavy (non-hydrogen) atoms. The summed E-state index contributed by atoms with van der Waals surface area (Å²) in [5.41, 5.74) is 9.77. The number of aromatic nitrogens is 1. The van der Waals surface area contributed by atoms with Gasteiger partial charge in [0.15, 0.2) is 5.58 Å². The van der Waals surface area contributed by atoms with Crippen molar-refractivity contribution in [2.45, 2.75) is 13.8 Å². The van der Waals surface area contributed by atoms with Crippen molar-refractivity contribution in [1.82, 2.24) is 4.98 Å². The number of rotatable bonds is 1. The molecule has 4 heteroatoms. The minimum absolute atomic E-state index is 0.661. The Balaban J connectivity index is 2.25. The van der Waals surface area contributed by atoms with Gasteiger partial charge < -0.3 is 10.2 Å². The van der Waals surface area contributed by atoms with Crippen molar-refractivity contribution in [3.05, 3.63) is 35.4 Å². The molecule has 2 N–H and O–H groups in total. The lowest BCUT2D eigenvalue weighted by molar-refractivity contribution is 0.621. The van der Waals surface area contributed by atoms with E-state index in [0.717, 1.165) is 32.1 Å². The molecule has 2 aromatic heterocycles. The summed E-state index contributed by atoms with van der Waals surface area (Å²) >= 11 is 1.51. The zero-order chi connectivity index (χ0) is 12.0. The molecule has 0 radical (unpaired) electrons. The van der Waals surface area contributed by atoms with Gasteiger partial charge in [0.25, 0.3) is 0 Å². The average Bonchev–Trinajstić information content (AvgIpc) is 2.82. The first-order valence-corrected chi connectivity index (χ1v) is 6.19. The van der Waals surface area contributed by atoms with Crippen LogP contribution in [0.5, 0.6) is 0 Å². The number of anilines is 1. The van der Waals surface area contributed by atoms with Gasteiger partial charge >= 0.3 is 0 Å². The number of para-hydroxylation sites is 1. The van der Waals surface area contributed by atoms with Crippen molar-refractivity contribution in [1.29, 1.82) is 0 Å². The SMILES string of the molecule is Cc1cc(N)sc1-c1nc2c(C)cccc2o1. The molecule has 0 aliphatic heterocycles. The second kappa shape index (κ2) is 3.60. The zero-order valence-electron chi connectivity index (χ0n) is 9.65. The lowest BCUT2D eigenvalue weighted by atomic mass is 10.2. The lowest BCUT2D eigenvalue weighted by Crippen LogP contribution is -1.76. The minimum atomic E-state index is 0.661. The van der Waals surface area contributed by atoms with E-state index >= 15 is 0 Å². The monoisotopic (exact) mass is 244 g/mol. The van der Waals surface area contributed by atoms with E-state index in [0.29, 0.717) is 5.89 Å². The normalized spacial score (nSPS) is 11.2. The van der Waals surface area contributed by atoms with Crippen molar-refractivity contribution in [2.75, 3.05) is 5.73 Å². The topological polar surface area (TPSA) is 52.0 Å². The van der Waals surface area contributed by atoms with Crippen LogP contribution in [0.15, 0.2) is 28.7 Å². The van der Waals surface area contributed by atoms with E-state index in [1.807, 2.05) is 38.1 Å². The summed E-state index contributed by atoms with van der Waals surface area (Å²) in [6, 6.07) is 7.89. The number of hydrogen-bond donors (Lipinski definition) is 1. The number of oxazole rings is 1. The Bertz CT molecular complexity index is 697. The number of nitrogens with zero attached hydrogens (tertiary/aromatic N) is 1. The molecular formula is C13H12N2OS. The Hall–Kier alpha value is -1.81. The maximum Gasteiger partial charge on any atom is 0.237 e. The smallest absolute Gasteiger partial charge is 0.237 e. The van der Waals surface area contributed by atoms with E-state index < -0.39 is 0 Å². The van der Waals surface area contributed by atoms with E-state index in [9.17, 15) is 0 Å². The molecule has 1 aromatic carbocycles. The molecule has 0 fully saturated rings. The fourth-order valence-electron chi connectivity index (χ4n) is 1.90. The molecule has 3 aromatic rings. The predicted octanol–water partition coefficient (Wildman–Crippen LogP) is 3.76. The fourth-order valence-corrected chi connectivity index (χ4v) is 2.77. The third-order valence-corrected chi connectivity index (χ3v) is 3.81. The van der Waals surface area contributed by atoms with Crippen LogP contribution < -0.4 is 5.73 Å². The summed E-state index contributed by atoms with van der Waals surface area (Å²) < 4.78 is 5.77. The average molecular weight is 244 g/mol. The summed E-state index contributed by atoms with van der Waals surface area (Å²) in [6.07, 6.45) is 0. The Morgan fingerprint density at radius 1 is 1.24 bits per heavy atom. The zero-order valence-corrected chi connectivity index (χ0v) is 10.5. The first-order valence-electron chi connectivity index (χ1n) is 5.37. The number of hydrogen-bond acceptors (Lipinski definition) is 4. The van der Waals surface area contributed by atoms with Gasteiger partial charge in [-0.2, -0.15) is 0 Å². The quantitative estimate of drug-likeness (QED) is 0.709. The molecule has 0 amide bonds. The molecular weight excluding hydrogens is 232 g/mol. The van der Waals surface area contributed by atoms with Gasteiger partial charge in [-0.05, 0) is 37.1 Å². The molecule has 0 saturated carbocycles. The van der Waals surface area contributed by atoms with Crippen LogP contribution >= 0.6 is 11.3 Å². The highest BCUT2D eigenvalue weighted by molar-refractivity contribution is 7.19. The van der Waals surface area contributed by atoms with Crippen LogP contribution in [0.1, 0.15) is 11.1 Å². The van der Waals surface area contributed by atoms with Crippen LogP contribution in [0.3, 0.4) is 0 Å². The van der Waals surface area contributed by atoms with Gasteiger partial charge in [0.2, 0.25) is 5.89 Å². The standard InChI is InChI=1S/C13H12N2OS/c1-7-4-3-5-9-11(7)15-13(16-9)12-8(2)6-10(14)17-12/h3-6H,14H2,1-2H3. The molecule has 3 nitrogen and oxygen atoms in total. The maximum atomic E-state index is 5.79. The predicted molar refractivity (Wildman–Crippen MR) is 71.2 cm³/mol. The molecule has 86 valence electrons. The molecule has 2 heterocycles. The lowest BCUT2D eigenvalue weighted by Gasteiger charge is -1.89. The molecule has 0 aliphatic carbocycles. The highest BCUT2D eigenvalue weighted by Crippen LogP contribution is 2.35. The van der Waals surface area contributed by atoms with Crippen LogP contribution in [-0.4, -0.2) is 4.98 Å². The van der Waals surface area contributed by atoms with E-state index in [1.54, 1.807) is 0 Å². The molecule has 0 bridgehead atoms. The third-order valence-electron chi connectivity index (χ3n) is 2.75. The fraction of sp³-hybridized carbons (Fsp3) is 0.154. The summed E-state index contributed by atoms with van der Waals surface area (Å²) in [7, 11) is 0. The van der Waals surface area contributed by atoms with E-state index in [-0.39, 0.29) is 0 Å². The van der Waals surface area contributed by atoms with Crippen molar-refractivity contribution < 1.29 is 4.42 Å². The highest BCUT2D eigenvalue weighted by atomic mass is 32.1. The van der Waals surface area contributed by atoms with E-state index in [4.69, 9.17) is 10.2 Å². The van der Waals surface area contributed by atoms with Crippen molar-refractivity contribution >= 4 is 27.4 Å². The molecule has 0 saturated heterocycles. The summed E-state index contributed by atoms with van der Waals surface area (Å²) in [6.45, 7) is 4.05. The molecule has 0 atom stereocenters. The Kier molecular flexibility index (Phi) is 2.19. The number of aryl methyl sites for hydroxylation is 2. The van der Waals surface area contributed by atoms with Crippen molar-refractivity contribution in [3.8, 4) is 10.8 Å². The van der Waals surface area contributed by atoms with Crippen LogP contribution in [0, 0.1) is 13.8 Å². The van der Waals surface area contributed by atoms with Crippen LogP contribution in [0.4, 0.5) is 5.00 Å². The summed E-state index contributed by atoms with van der Waals surface area (Å²) in [5, 5.41) is 0.788. The largest absolute Gasteiger partial charge is 0.435 e. The van der Waals surface area contributed by atoms with Crippen LogP contribution in [-0.2, 0) is 0 Å². The first-order chi connectivity index (χ1) is 8.15. The Morgan fingerprint density at radius 3 is 2.71 bits per heavy atom. The summed E-state index contributed by atoms with van der Waals surface area (Å²) in [4.78, 5) is 5.56. The molecule has 3 rings (SSSR count). The van der Waals surface area contributed by atoms with Gasteiger partial charge in [-0.25, -0.2) is 4.98 Å². The maximum absolute atomic E-state index is 5.79. The second-order valence-corrected chi connectivity index (χ2v) is 5.19. The van der Waals surface area contributed by atoms with Gasteiger partial charge in [0.1, 0.15) is 5.52 Å². The van der Waals surface area contributed by atoms with Gasteiger partial charge in [-0.15, -0.1) is 11.3 Å². The summed E-state index contributed by atoms with van der Waals surface area (Å²) in [5.74, 6) is 0.661. The van der Waals surface area contributed by atoms with Crippen molar-refractivity contribution in [3.63, 3.8) is 0 Å². The Labute approximate surface area is 103 Å². The second-order valence-electron chi connectivity index (χ2n) is 4.10. The van der Waals surface area contributed by atoms with E-state index in [1.165, 1.54) is 11.3 Å². The van der Waals surface area contributed by atoms with Crippen molar-refractivity contribution in [2.24, 2.45) is 0 Å². The highest BCUT2D eigenvalue weighted by Gasteiger charge is 2.14. The van der Waals surface area contributed by atoms with Gasteiger partial charge in [0.05, 0.1) is 9.88 Å². The number of benzene rings is 1. The number of nitrogens with two attached hydrogens (primary N) is 1. The van der Waals surface area contributed by atoms with Gasteiger partial charge in [-0.3, -0.25) is 0 Å². The molecule has 0 aliphatic rings. The first kappa shape index (κ1) is 10.4. The van der Waals surface area contributed by atoms with Gasteiger partial charge in [0, 0.05) is 0 Å². The number of fused-ring (bicyclic) bond motifs is 1. The molecule has 0 spiro atoms. The van der Waals surface area contributed by atoms with E-state index in [2.05, 4.69) is 4.98 Å². The van der Waals surface area contributed by atoms with Crippen LogP contribution in [0.2, 0.25) is 0 Å². The Morgan fingerprint density at radius 2 is 2.06 bits per heavy atom. The minimum Gasteiger partial charge on any atom is -0.435 e. The molecule has 0 unspecified atom stereocenters. The third kappa shape index (κ3) is 1.61.